The average molecular weight is 467 g/mol. The van der Waals surface area contributed by atoms with Crippen LogP contribution in [0.2, 0.25) is 0 Å². The number of aromatic nitrogens is 2. The summed E-state index contributed by atoms with van der Waals surface area (Å²) in [6, 6.07) is 10.3. The number of rotatable bonds is 8. The monoisotopic (exact) mass is 466 g/mol. The van der Waals surface area contributed by atoms with Gasteiger partial charge in [-0.05, 0) is 38.7 Å². The van der Waals surface area contributed by atoms with E-state index < -0.39 is 0 Å². The van der Waals surface area contributed by atoms with E-state index in [-0.39, 0.29) is 11.8 Å². The molecule has 0 saturated carbocycles. The predicted molar refractivity (Wildman–Crippen MR) is 132 cm³/mol. The van der Waals surface area contributed by atoms with Crippen LogP contribution in [0.4, 0.5) is 0 Å². The SMILES string of the molecule is Cc1nn(Cc2ccccc2)c(C)c1CNC(=O)CN1CCN(CC(=O)N2CCCCC2)CC1. The Morgan fingerprint density at radius 1 is 0.882 bits per heavy atom. The number of benzene rings is 1. The number of nitrogens with one attached hydrogen (secondary N) is 1. The molecule has 0 atom stereocenters. The Bertz CT molecular complexity index is 959. The molecule has 0 aliphatic carbocycles. The molecule has 34 heavy (non-hydrogen) atoms. The minimum atomic E-state index is 0.0347. The molecule has 8 nitrogen and oxygen atoms in total. The van der Waals surface area contributed by atoms with E-state index in [1.165, 1.54) is 12.0 Å². The second kappa shape index (κ2) is 11.6. The van der Waals surface area contributed by atoms with Crippen molar-refractivity contribution in [3.8, 4) is 0 Å². The largest absolute Gasteiger partial charge is 0.351 e. The zero-order valence-corrected chi connectivity index (χ0v) is 20.6. The third kappa shape index (κ3) is 6.45. The van der Waals surface area contributed by atoms with Gasteiger partial charge in [-0.2, -0.15) is 5.10 Å². The van der Waals surface area contributed by atoms with Crippen LogP contribution in [0.1, 0.15) is 41.8 Å². The normalized spacial score (nSPS) is 17.6. The van der Waals surface area contributed by atoms with Gasteiger partial charge in [0.1, 0.15) is 0 Å². The molecule has 1 aromatic carbocycles. The Balaban J connectivity index is 1.19. The van der Waals surface area contributed by atoms with Crippen molar-refractivity contribution in [2.24, 2.45) is 0 Å². The lowest BCUT2D eigenvalue weighted by Gasteiger charge is -2.35. The minimum absolute atomic E-state index is 0.0347. The lowest BCUT2D eigenvalue weighted by Crippen LogP contribution is -2.52. The van der Waals surface area contributed by atoms with E-state index in [0.717, 1.165) is 75.6 Å². The topological polar surface area (TPSA) is 73.7 Å². The van der Waals surface area contributed by atoms with E-state index in [9.17, 15) is 9.59 Å². The van der Waals surface area contributed by atoms with Gasteiger partial charge in [0, 0.05) is 57.1 Å². The number of aryl methyl sites for hydroxylation is 1. The second-order valence-electron chi connectivity index (χ2n) is 9.56. The third-order valence-corrected chi connectivity index (χ3v) is 7.07. The van der Waals surface area contributed by atoms with E-state index in [2.05, 4.69) is 39.3 Å². The highest BCUT2D eigenvalue weighted by Crippen LogP contribution is 2.15. The molecule has 2 fully saturated rings. The first-order chi connectivity index (χ1) is 16.5. The Kier molecular flexibility index (Phi) is 8.34. The highest BCUT2D eigenvalue weighted by molar-refractivity contribution is 5.78. The Hall–Kier alpha value is -2.71. The second-order valence-corrected chi connectivity index (χ2v) is 9.56. The Morgan fingerprint density at radius 3 is 2.21 bits per heavy atom. The van der Waals surface area contributed by atoms with E-state index in [1.54, 1.807) is 0 Å². The molecule has 0 unspecified atom stereocenters. The number of piperazine rings is 1. The summed E-state index contributed by atoms with van der Waals surface area (Å²) in [5, 5.41) is 7.77. The van der Waals surface area contributed by atoms with E-state index in [0.29, 0.717) is 19.6 Å². The smallest absolute Gasteiger partial charge is 0.236 e. The molecule has 184 valence electrons. The lowest BCUT2D eigenvalue weighted by molar-refractivity contribution is -0.134. The molecule has 2 aliphatic heterocycles. The zero-order valence-electron chi connectivity index (χ0n) is 20.6. The lowest BCUT2D eigenvalue weighted by atomic mass is 10.1. The van der Waals surface area contributed by atoms with Crippen molar-refractivity contribution in [1.82, 2.24) is 29.8 Å². The van der Waals surface area contributed by atoms with Crippen LogP contribution < -0.4 is 5.32 Å². The Morgan fingerprint density at radius 2 is 1.53 bits per heavy atom. The summed E-state index contributed by atoms with van der Waals surface area (Å²) in [6.07, 6.45) is 3.49. The van der Waals surface area contributed by atoms with Gasteiger partial charge < -0.3 is 10.2 Å². The third-order valence-electron chi connectivity index (χ3n) is 7.07. The molecule has 2 aromatic rings. The van der Waals surface area contributed by atoms with Gasteiger partial charge in [0.05, 0.1) is 25.3 Å². The van der Waals surface area contributed by atoms with Gasteiger partial charge in [0.15, 0.2) is 0 Å². The summed E-state index contributed by atoms with van der Waals surface area (Å²) in [5.41, 5.74) is 4.35. The zero-order chi connectivity index (χ0) is 23.9. The van der Waals surface area contributed by atoms with Crippen LogP contribution in [0, 0.1) is 13.8 Å². The molecule has 8 heteroatoms. The van der Waals surface area contributed by atoms with Crippen molar-refractivity contribution in [2.75, 3.05) is 52.4 Å². The van der Waals surface area contributed by atoms with E-state index in [1.807, 2.05) is 34.7 Å². The number of nitrogens with zero attached hydrogens (tertiary/aromatic N) is 5. The van der Waals surface area contributed by atoms with Crippen LogP contribution in [-0.2, 0) is 22.7 Å². The summed E-state index contributed by atoms with van der Waals surface area (Å²) in [5.74, 6) is 0.289. The number of amides is 2. The first kappa shape index (κ1) is 24.4. The van der Waals surface area contributed by atoms with Crippen LogP contribution in [0.5, 0.6) is 0 Å². The molecule has 0 bridgehead atoms. The highest BCUT2D eigenvalue weighted by atomic mass is 16.2. The summed E-state index contributed by atoms with van der Waals surface area (Å²) in [4.78, 5) is 31.5. The summed E-state index contributed by atoms with van der Waals surface area (Å²) in [6.45, 7) is 11.3. The number of hydrogen-bond donors (Lipinski definition) is 1. The van der Waals surface area contributed by atoms with Gasteiger partial charge in [-0.1, -0.05) is 30.3 Å². The van der Waals surface area contributed by atoms with Crippen LogP contribution in [0.15, 0.2) is 30.3 Å². The number of hydrogen-bond acceptors (Lipinski definition) is 5. The molecule has 3 heterocycles. The van der Waals surface area contributed by atoms with Gasteiger partial charge in [0.25, 0.3) is 0 Å². The molecule has 1 aromatic heterocycles. The molecular formula is C26H38N6O2. The molecule has 4 rings (SSSR count). The average Bonchev–Trinajstić information content (AvgIpc) is 3.12. The fourth-order valence-electron chi connectivity index (χ4n) is 4.89. The first-order valence-corrected chi connectivity index (χ1v) is 12.6. The molecule has 1 N–H and O–H groups in total. The van der Waals surface area contributed by atoms with Crippen LogP contribution in [0.3, 0.4) is 0 Å². The summed E-state index contributed by atoms with van der Waals surface area (Å²) in [7, 11) is 0. The molecule has 2 saturated heterocycles. The molecule has 2 amide bonds. The fraction of sp³-hybridized carbons (Fsp3) is 0.577. The van der Waals surface area contributed by atoms with Crippen molar-refractivity contribution in [3.63, 3.8) is 0 Å². The minimum Gasteiger partial charge on any atom is -0.351 e. The van der Waals surface area contributed by atoms with Gasteiger partial charge in [-0.15, -0.1) is 0 Å². The predicted octanol–water partition coefficient (Wildman–Crippen LogP) is 1.79. The highest BCUT2D eigenvalue weighted by Gasteiger charge is 2.23. The summed E-state index contributed by atoms with van der Waals surface area (Å²) < 4.78 is 2.01. The summed E-state index contributed by atoms with van der Waals surface area (Å²) >= 11 is 0. The van der Waals surface area contributed by atoms with Crippen molar-refractivity contribution in [1.29, 1.82) is 0 Å². The van der Waals surface area contributed by atoms with Gasteiger partial charge >= 0.3 is 0 Å². The van der Waals surface area contributed by atoms with Crippen molar-refractivity contribution >= 4 is 11.8 Å². The number of carbonyl (C=O) groups is 2. The van der Waals surface area contributed by atoms with E-state index in [4.69, 9.17) is 0 Å². The maximum Gasteiger partial charge on any atom is 0.236 e. The van der Waals surface area contributed by atoms with Crippen molar-refractivity contribution in [3.05, 3.63) is 52.8 Å². The van der Waals surface area contributed by atoms with Gasteiger partial charge in [-0.25, -0.2) is 0 Å². The Labute approximate surface area is 202 Å². The van der Waals surface area contributed by atoms with Gasteiger partial charge in [-0.3, -0.25) is 24.1 Å². The van der Waals surface area contributed by atoms with E-state index >= 15 is 0 Å². The number of piperidine rings is 1. The molecule has 0 radical (unpaired) electrons. The number of carbonyl (C=O) groups excluding carboxylic acids is 2. The standard InChI is InChI=1S/C26H38N6O2/c1-21-24(22(2)32(28-21)18-23-9-5-3-6-10-23)17-27-25(33)19-29-13-15-30(16-14-29)20-26(34)31-11-7-4-8-12-31/h3,5-6,9-10H,4,7-8,11-20H2,1-2H3,(H,27,33). The molecule has 0 spiro atoms. The first-order valence-electron chi connectivity index (χ1n) is 12.6. The quantitative estimate of drug-likeness (QED) is 0.642. The van der Waals surface area contributed by atoms with Crippen LogP contribution >= 0.6 is 0 Å². The van der Waals surface area contributed by atoms with Crippen LogP contribution in [-0.4, -0.2) is 88.7 Å². The maximum absolute atomic E-state index is 12.6. The van der Waals surface area contributed by atoms with Crippen LogP contribution in [0.25, 0.3) is 0 Å². The van der Waals surface area contributed by atoms with Gasteiger partial charge in [0.2, 0.25) is 11.8 Å². The number of likely N-dealkylation sites (tertiary alicyclic amines) is 1. The molecular weight excluding hydrogens is 428 g/mol. The molecule has 2 aliphatic rings. The van der Waals surface area contributed by atoms with Crippen molar-refractivity contribution < 1.29 is 9.59 Å². The van der Waals surface area contributed by atoms with Crippen molar-refractivity contribution in [2.45, 2.75) is 46.2 Å². The maximum atomic E-state index is 12.6. The fourth-order valence-corrected chi connectivity index (χ4v) is 4.89.